The molecular formula is C16H20ClFN2. The Bertz CT molecular complexity index is 565. The highest BCUT2D eigenvalue weighted by Crippen LogP contribution is 2.21. The predicted octanol–water partition coefficient (Wildman–Crippen LogP) is 4.39. The lowest BCUT2D eigenvalue weighted by Crippen LogP contribution is -2.22. The van der Waals surface area contributed by atoms with Gasteiger partial charge < -0.3 is 9.88 Å². The highest BCUT2D eigenvalue weighted by Gasteiger charge is 2.11. The first kappa shape index (κ1) is 15.1. The molecule has 0 radical (unpaired) electrons. The third-order valence-corrected chi connectivity index (χ3v) is 3.73. The summed E-state index contributed by atoms with van der Waals surface area (Å²) in [6.45, 7) is 5.84. The van der Waals surface area contributed by atoms with Gasteiger partial charge in [0.2, 0.25) is 0 Å². The van der Waals surface area contributed by atoms with E-state index >= 15 is 0 Å². The molecular weight excluding hydrogens is 275 g/mol. The summed E-state index contributed by atoms with van der Waals surface area (Å²) < 4.78 is 15.4. The van der Waals surface area contributed by atoms with Gasteiger partial charge >= 0.3 is 0 Å². The van der Waals surface area contributed by atoms with Crippen molar-refractivity contribution in [2.75, 3.05) is 6.54 Å². The van der Waals surface area contributed by atoms with E-state index in [2.05, 4.69) is 29.8 Å². The topological polar surface area (TPSA) is 17.0 Å². The number of hydrogen-bond acceptors (Lipinski definition) is 1. The Morgan fingerprint density at radius 1 is 1.35 bits per heavy atom. The van der Waals surface area contributed by atoms with E-state index in [4.69, 9.17) is 11.6 Å². The second-order valence-electron chi connectivity index (χ2n) is 4.97. The molecule has 0 saturated heterocycles. The van der Waals surface area contributed by atoms with Gasteiger partial charge in [-0.3, -0.25) is 0 Å². The van der Waals surface area contributed by atoms with Crippen LogP contribution in [0.15, 0.2) is 36.5 Å². The molecule has 108 valence electrons. The fourth-order valence-corrected chi connectivity index (χ4v) is 2.46. The van der Waals surface area contributed by atoms with Crippen molar-refractivity contribution in [2.24, 2.45) is 0 Å². The minimum absolute atomic E-state index is 0.254. The summed E-state index contributed by atoms with van der Waals surface area (Å²) in [4.78, 5) is 0. The standard InChI is InChI=1S/C16H20ClFN2/c1-3-8-19-12(2)16-5-4-9-20(16)11-13-10-14(18)6-7-15(13)17/h4-7,9-10,12,19H,3,8,11H2,1-2H3. The van der Waals surface area contributed by atoms with E-state index < -0.39 is 0 Å². The summed E-state index contributed by atoms with van der Waals surface area (Å²) in [6.07, 6.45) is 3.10. The Balaban J connectivity index is 2.18. The molecule has 1 aromatic heterocycles. The molecule has 1 atom stereocenters. The number of hydrogen-bond donors (Lipinski definition) is 1. The summed E-state index contributed by atoms with van der Waals surface area (Å²) in [5.41, 5.74) is 1.98. The second kappa shape index (κ2) is 6.91. The van der Waals surface area contributed by atoms with Crippen LogP contribution in [0.25, 0.3) is 0 Å². The van der Waals surface area contributed by atoms with E-state index in [1.807, 2.05) is 12.3 Å². The van der Waals surface area contributed by atoms with Crippen LogP contribution in [0.4, 0.5) is 4.39 Å². The van der Waals surface area contributed by atoms with E-state index in [1.165, 1.54) is 17.8 Å². The number of benzene rings is 1. The van der Waals surface area contributed by atoms with Crippen LogP contribution in [0.3, 0.4) is 0 Å². The van der Waals surface area contributed by atoms with Gasteiger partial charge in [0.25, 0.3) is 0 Å². The van der Waals surface area contributed by atoms with Crippen LogP contribution >= 0.6 is 11.6 Å². The SMILES string of the molecule is CCCNC(C)c1cccn1Cc1cc(F)ccc1Cl. The zero-order valence-electron chi connectivity index (χ0n) is 11.9. The summed E-state index contributed by atoms with van der Waals surface area (Å²) in [5.74, 6) is -0.254. The fourth-order valence-electron chi connectivity index (χ4n) is 2.28. The van der Waals surface area contributed by atoms with Gasteiger partial charge in [0.05, 0.1) is 0 Å². The molecule has 1 aromatic carbocycles. The van der Waals surface area contributed by atoms with E-state index in [1.54, 1.807) is 6.07 Å². The Kier molecular flexibility index (Phi) is 5.21. The van der Waals surface area contributed by atoms with Crippen LogP contribution < -0.4 is 5.32 Å². The van der Waals surface area contributed by atoms with E-state index in [0.717, 1.165) is 18.5 Å². The normalized spacial score (nSPS) is 12.6. The lowest BCUT2D eigenvalue weighted by Gasteiger charge is -2.17. The molecule has 0 aliphatic carbocycles. The van der Waals surface area contributed by atoms with Crippen LogP contribution in [0.5, 0.6) is 0 Å². The number of aromatic nitrogens is 1. The maximum Gasteiger partial charge on any atom is 0.123 e. The van der Waals surface area contributed by atoms with Crippen molar-refractivity contribution in [3.8, 4) is 0 Å². The maximum atomic E-state index is 13.3. The molecule has 4 heteroatoms. The van der Waals surface area contributed by atoms with Gasteiger partial charge in [0, 0.05) is 29.5 Å². The molecule has 0 aliphatic heterocycles. The van der Waals surface area contributed by atoms with Crippen LogP contribution in [-0.2, 0) is 6.54 Å². The maximum absolute atomic E-state index is 13.3. The third-order valence-electron chi connectivity index (χ3n) is 3.36. The molecule has 20 heavy (non-hydrogen) atoms. The van der Waals surface area contributed by atoms with Gasteiger partial charge in [0.15, 0.2) is 0 Å². The smallest absolute Gasteiger partial charge is 0.123 e. The van der Waals surface area contributed by atoms with Crippen molar-refractivity contribution in [3.63, 3.8) is 0 Å². The van der Waals surface area contributed by atoms with Gasteiger partial charge in [-0.25, -0.2) is 4.39 Å². The Labute approximate surface area is 124 Å². The van der Waals surface area contributed by atoms with Gasteiger partial charge in [-0.05, 0) is 55.8 Å². The fraction of sp³-hybridized carbons (Fsp3) is 0.375. The average Bonchev–Trinajstić information content (AvgIpc) is 2.88. The number of nitrogens with zero attached hydrogens (tertiary/aromatic N) is 1. The van der Waals surface area contributed by atoms with Gasteiger partial charge in [0.1, 0.15) is 5.82 Å². The highest BCUT2D eigenvalue weighted by atomic mass is 35.5. The molecule has 2 aromatic rings. The van der Waals surface area contributed by atoms with Crippen molar-refractivity contribution in [1.82, 2.24) is 9.88 Å². The Morgan fingerprint density at radius 2 is 2.15 bits per heavy atom. The zero-order chi connectivity index (χ0) is 14.5. The summed E-state index contributed by atoms with van der Waals surface area (Å²) >= 11 is 6.13. The van der Waals surface area contributed by atoms with E-state index in [0.29, 0.717) is 11.6 Å². The Morgan fingerprint density at radius 3 is 2.90 bits per heavy atom. The van der Waals surface area contributed by atoms with Crippen LogP contribution in [0.1, 0.15) is 37.6 Å². The first-order valence-electron chi connectivity index (χ1n) is 6.94. The molecule has 0 fully saturated rings. The van der Waals surface area contributed by atoms with Crippen LogP contribution in [0.2, 0.25) is 5.02 Å². The molecule has 1 N–H and O–H groups in total. The third kappa shape index (κ3) is 3.62. The molecule has 0 bridgehead atoms. The van der Waals surface area contributed by atoms with Crippen molar-refractivity contribution >= 4 is 11.6 Å². The first-order valence-corrected chi connectivity index (χ1v) is 7.32. The first-order chi connectivity index (χ1) is 9.61. The molecule has 1 heterocycles. The quantitative estimate of drug-likeness (QED) is 0.836. The molecule has 0 spiro atoms. The minimum Gasteiger partial charge on any atom is -0.346 e. The van der Waals surface area contributed by atoms with Crippen molar-refractivity contribution in [2.45, 2.75) is 32.9 Å². The molecule has 2 rings (SSSR count). The van der Waals surface area contributed by atoms with Crippen LogP contribution in [-0.4, -0.2) is 11.1 Å². The van der Waals surface area contributed by atoms with Crippen molar-refractivity contribution < 1.29 is 4.39 Å². The highest BCUT2D eigenvalue weighted by molar-refractivity contribution is 6.31. The molecule has 2 nitrogen and oxygen atoms in total. The number of rotatable bonds is 6. The van der Waals surface area contributed by atoms with Gasteiger partial charge in [-0.15, -0.1) is 0 Å². The zero-order valence-corrected chi connectivity index (χ0v) is 12.6. The largest absolute Gasteiger partial charge is 0.346 e. The predicted molar refractivity (Wildman–Crippen MR) is 81.7 cm³/mol. The van der Waals surface area contributed by atoms with E-state index in [9.17, 15) is 4.39 Å². The second-order valence-corrected chi connectivity index (χ2v) is 5.38. The molecule has 0 saturated carbocycles. The Hall–Kier alpha value is -1.32. The molecule has 0 aliphatic rings. The van der Waals surface area contributed by atoms with Gasteiger partial charge in [-0.2, -0.15) is 0 Å². The molecule has 0 amide bonds. The average molecular weight is 295 g/mol. The summed E-state index contributed by atoms with van der Waals surface area (Å²) in [7, 11) is 0. The molecule has 1 unspecified atom stereocenters. The summed E-state index contributed by atoms with van der Waals surface area (Å²) in [5, 5.41) is 4.06. The number of nitrogens with one attached hydrogen (secondary N) is 1. The van der Waals surface area contributed by atoms with Gasteiger partial charge in [-0.1, -0.05) is 18.5 Å². The van der Waals surface area contributed by atoms with E-state index in [-0.39, 0.29) is 11.9 Å². The lowest BCUT2D eigenvalue weighted by molar-refractivity contribution is 0.534. The van der Waals surface area contributed by atoms with Crippen molar-refractivity contribution in [1.29, 1.82) is 0 Å². The minimum atomic E-state index is -0.254. The monoisotopic (exact) mass is 294 g/mol. The van der Waals surface area contributed by atoms with Crippen LogP contribution in [0, 0.1) is 5.82 Å². The summed E-state index contributed by atoms with van der Waals surface area (Å²) in [6, 6.07) is 8.84. The van der Waals surface area contributed by atoms with Crippen molar-refractivity contribution in [3.05, 3.63) is 58.6 Å². The number of halogens is 2. The lowest BCUT2D eigenvalue weighted by atomic mass is 10.2.